The summed E-state index contributed by atoms with van der Waals surface area (Å²) in [5.41, 5.74) is -0.440. The highest BCUT2D eigenvalue weighted by molar-refractivity contribution is 7.89. The Labute approximate surface area is 154 Å². The number of carbonyl (C=O) groups excluding carboxylic acids is 1. The Morgan fingerprint density at radius 3 is 2.60 bits per heavy atom. The first kappa shape index (κ1) is 18.8. The summed E-state index contributed by atoms with van der Waals surface area (Å²) in [6, 6.07) is 3.05. The molecule has 3 rings (SSSR count). The Bertz CT molecular complexity index is 780. The summed E-state index contributed by atoms with van der Waals surface area (Å²) in [6.45, 7) is 0.930. The number of hydrogen-bond acceptors (Lipinski definition) is 5. The van der Waals surface area contributed by atoms with Gasteiger partial charge in [-0.3, -0.25) is 0 Å². The van der Waals surface area contributed by atoms with E-state index in [2.05, 4.69) is 0 Å². The number of ether oxygens (including phenoxy) is 2. The van der Waals surface area contributed by atoms with Crippen LogP contribution in [0.15, 0.2) is 23.1 Å². The molecule has 0 N–H and O–H groups in total. The van der Waals surface area contributed by atoms with Gasteiger partial charge in [-0.1, -0.05) is 0 Å². The highest BCUT2D eigenvalue weighted by atomic mass is 35.5. The van der Waals surface area contributed by atoms with Gasteiger partial charge in [0.1, 0.15) is 10.2 Å². The third kappa shape index (κ3) is 4.09. The molecule has 1 saturated carbocycles. The first-order valence-corrected chi connectivity index (χ1v) is 9.84. The Morgan fingerprint density at radius 2 is 2.00 bits per heavy atom. The van der Waals surface area contributed by atoms with Crippen LogP contribution < -0.4 is 0 Å². The zero-order valence-electron chi connectivity index (χ0n) is 13.1. The van der Waals surface area contributed by atoms with Gasteiger partial charge < -0.3 is 9.47 Å². The molecule has 2 aliphatic rings. The number of benzene rings is 1. The van der Waals surface area contributed by atoms with Crippen molar-refractivity contribution in [3.63, 3.8) is 0 Å². The summed E-state index contributed by atoms with van der Waals surface area (Å²) < 4.78 is 49.6. The molecule has 0 spiro atoms. The summed E-state index contributed by atoms with van der Waals surface area (Å²) >= 11 is 11.7. The van der Waals surface area contributed by atoms with Crippen molar-refractivity contribution in [3.8, 4) is 0 Å². The molecule has 0 radical (unpaired) electrons. The SMILES string of the molecule is O=C(OC[C@@H]1CC1(Cl)Cl)c1cc(S(=O)(=O)N2CCOCC2)ccc1F. The molecule has 1 heterocycles. The zero-order chi connectivity index (χ0) is 18.2. The minimum Gasteiger partial charge on any atom is -0.462 e. The van der Waals surface area contributed by atoms with Gasteiger partial charge in [0.25, 0.3) is 0 Å². The van der Waals surface area contributed by atoms with Crippen LogP contribution in [0.25, 0.3) is 0 Å². The second kappa shape index (κ2) is 7.00. The quantitative estimate of drug-likeness (QED) is 0.548. The molecule has 2 fully saturated rings. The minimum atomic E-state index is -3.84. The van der Waals surface area contributed by atoms with Crippen molar-refractivity contribution in [2.75, 3.05) is 32.9 Å². The number of morpholine rings is 1. The molecule has 1 aliphatic heterocycles. The smallest absolute Gasteiger partial charge is 0.341 e. The lowest BCUT2D eigenvalue weighted by atomic mass is 10.2. The molecule has 6 nitrogen and oxygen atoms in total. The Kier molecular flexibility index (Phi) is 5.28. The van der Waals surface area contributed by atoms with E-state index in [0.29, 0.717) is 6.42 Å². The highest BCUT2D eigenvalue weighted by Crippen LogP contribution is 2.53. The Balaban J connectivity index is 1.76. The monoisotopic (exact) mass is 411 g/mol. The molecule has 1 aromatic rings. The molecule has 0 bridgehead atoms. The third-order valence-corrected chi connectivity index (χ3v) is 6.96. The summed E-state index contributed by atoms with van der Waals surface area (Å²) in [6.07, 6.45) is 0.483. The van der Waals surface area contributed by atoms with Gasteiger partial charge in [0.15, 0.2) is 0 Å². The average molecular weight is 412 g/mol. The molecule has 0 aromatic heterocycles. The van der Waals surface area contributed by atoms with Gasteiger partial charge in [0.05, 0.1) is 30.3 Å². The maximum atomic E-state index is 14.0. The van der Waals surface area contributed by atoms with Crippen molar-refractivity contribution in [1.29, 1.82) is 0 Å². The van der Waals surface area contributed by atoms with E-state index in [-0.39, 0.29) is 43.7 Å². The normalized spacial score (nSPS) is 23.2. The van der Waals surface area contributed by atoms with Gasteiger partial charge >= 0.3 is 5.97 Å². The summed E-state index contributed by atoms with van der Waals surface area (Å²) in [5.74, 6) is -2.01. The molecular formula is C15H16Cl2FNO5S. The standard InChI is InChI=1S/C15H16Cl2FNO5S/c16-15(17)8-10(15)9-24-14(20)12-7-11(1-2-13(12)18)25(21,22)19-3-5-23-6-4-19/h1-2,7,10H,3-6,8-9H2/t10-/m0/s1. The molecule has 0 amide bonds. The second-order valence-corrected chi connectivity index (χ2v) is 9.40. The first-order valence-electron chi connectivity index (χ1n) is 7.64. The van der Waals surface area contributed by atoms with Gasteiger partial charge in [0, 0.05) is 19.0 Å². The van der Waals surface area contributed by atoms with Crippen LogP contribution in [-0.4, -0.2) is 55.9 Å². The van der Waals surface area contributed by atoms with Crippen LogP contribution in [0, 0.1) is 11.7 Å². The lowest BCUT2D eigenvalue weighted by molar-refractivity contribution is 0.0479. The Morgan fingerprint density at radius 1 is 1.36 bits per heavy atom. The van der Waals surface area contributed by atoms with Gasteiger partial charge in [-0.05, 0) is 24.6 Å². The number of hydrogen-bond donors (Lipinski definition) is 0. The number of sulfonamides is 1. The van der Waals surface area contributed by atoms with Crippen LogP contribution in [0.4, 0.5) is 4.39 Å². The van der Waals surface area contributed by atoms with Crippen LogP contribution in [0.1, 0.15) is 16.8 Å². The number of halogens is 3. The van der Waals surface area contributed by atoms with Crippen LogP contribution in [0.3, 0.4) is 0 Å². The van der Waals surface area contributed by atoms with Crippen molar-refractivity contribution in [2.24, 2.45) is 5.92 Å². The van der Waals surface area contributed by atoms with E-state index in [0.717, 1.165) is 18.2 Å². The minimum absolute atomic E-state index is 0.0499. The summed E-state index contributed by atoms with van der Waals surface area (Å²) in [4.78, 5) is 11.9. The lowest BCUT2D eigenvalue weighted by Gasteiger charge is -2.26. The van der Waals surface area contributed by atoms with Gasteiger partial charge in [-0.2, -0.15) is 4.31 Å². The van der Waals surface area contributed by atoms with Crippen LogP contribution in [-0.2, 0) is 19.5 Å². The van der Waals surface area contributed by atoms with E-state index >= 15 is 0 Å². The van der Waals surface area contributed by atoms with E-state index in [4.69, 9.17) is 32.7 Å². The number of rotatable bonds is 5. The van der Waals surface area contributed by atoms with Crippen LogP contribution in [0.5, 0.6) is 0 Å². The largest absolute Gasteiger partial charge is 0.462 e. The molecular weight excluding hydrogens is 396 g/mol. The fraction of sp³-hybridized carbons (Fsp3) is 0.533. The summed E-state index contributed by atoms with van der Waals surface area (Å²) in [5, 5.41) is 0. The predicted molar refractivity (Wildman–Crippen MR) is 88.8 cm³/mol. The summed E-state index contributed by atoms with van der Waals surface area (Å²) in [7, 11) is -3.84. The third-order valence-electron chi connectivity index (χ3n) is 4.14. The average Bonchev–Trinajstić information content (AvgIpc) is 3.20. The van der Waals surface area contributed by atoms with E-state index in [9.17, 15) is 17.6 Å². The van der Waals surface area contributed by atoms with E-state index in [1.54, 1.807) is 0 Å². The fourth-order valence-corrected chi connectivity index (χ4v) is 4.39. The van der Waals surface area contributed by atoms with Crippen molar-refractivity contribution in [3.05, 3.63) is 29.6 Å². The van der Waals surface area contributed by atoms with Crippen molar-refractivity contribution >= 4 is 39.2 Å². The maximum absolute atomic E-state index is 14.0. The van der Waals surface area contributed by atoms with Crippen molar-refractivity contribution in [1.82, 2.24) is 4.31 Å². The van der Waals surface area contributed by atoms with Crippen LogP contribution in [0.2, 0.25) is 0 Å². The number of esters is 1. The number of alkyl halides is 2. The topological polar surface area (TPSA) is 72.9 Å². The van der Waals surface area contributed by atoms with Crippen molar-refractivity contribution in [2.45, 2.75) is 15.6 Å². The number of nitrogens with zero attached hydrogens (tertiary/aromatic N) is 1. The molecule has 0 unspecified atom stereocenters. The van der Waals surface area contributed by atoms with Gasteiger partial charge in [-0.25, -0.2) is 17.6 Å². The number of carbonyl (C=O) groups is 1. The van der Waals surface area contributed by atoms with E-state index in [1.807, 2.05) is 0 Å². The molecule has 1 atom stereocenters. The molecule has 1 saturated heterocycles. The molecule has 138 valence electrons. The van der Waals surface area contributed by atoms with E-state index in [1.165, 1.54) is 4.31 Å². The first-order chi connectivity index (χ1) is 11.7. The lowest BCUT2D eigenvalue weighted by Crippen LogP contribution is -2.40. The second-order valence-electron chi connectivity index (χ2n) is 5.92. The van der Waals surface area contributed by atoms with E-state index < -0.39 is 31.7 Å². The maximum Gasteiger partial charge on any atom is 0.341 e. The predicted octanol–water partition coefficient (Wildman–Crippen LogP) is 2.20. The molecule has 25 heavy (non-hydrogen) atoms. The van der Waals surface area contributed by atoms with Gasteiger partial charge in [0.2, 0.25) is 10.0 Å². The van der Waals surface area contributed by atoms with Gasteiger partial charge in [-0.15, -0.1) is 23.2 Å². The molecule has 1 aliphatic carbocycles. The zero-order valence-corrected chi connectivity index (χ0v) is 15.4. The Hall–Kier alpha value is -0.930. The van der Waals surface area contributed by atoms with Crippen molar-refractivity contribution < 1.29 is 27.1 Å². The van der Waals surface area contributed by atoms with Crippen LogP contribution >= 0.6 is 23.2 Å². The molecule has 1 aromatic carbocycles. The molecule has 10 heteroatoms. The highest BCUT2D eigenvalue weighted by Gasteiger charge is 2.52. The fourth-order valence-electron chi connectivity index (χ4n) is 2.46.